The van der Waals surface area contributed by atoms with Gasteiger partial charge in [0.25, 0.3) is 5.91 Å². The van der Waals surface area contributed by atoms with Crippen LogP contribution < -0.4 is 15.5 Å². The molecule has 0 saturated heterocycles. The minimum absolute atomic E-state index is 0.148. The van der Waals surface area contributed by atoms with Gasteiger partial charge in [-0.2, -0.15) is 5.10 Å². The monoisotopic (exact) mass is 329 g/mol. The fourth-order valence-electron chi connectivity index (χ4n) is 1.75. The second-order valence-corrected chi connectivity index (χ2v) is 4.84. The zero-order chi connectivity index (χ0) is 17.4. The summed E-state index contributed by atoms with van der Waals surface area (Å²) in [7, 11) is 0. The van der Waals surface area contributed by atoms with Crippen molar-refractivity contribution in [3.8, 4) is 5.75 Å². The van der Waals surface area contributed by atoms with Gasteiger partial charge >= 0.3 is 0 Å². The number of benzene rings is 2. The number of nitrogens with one attached hydrogen (secondary N) is 2. The van der Waals surface area contributed by atoms with Gasteiger partial charge in [0.2, 0.25) is 5.91 Å². The van der Waals surface area contributed by atoms with E-state index < -0.39 is 5.91 Å². The molecule has 0 atom stereocenters. The summed E-state index contributed by atoms with van der Waals surface area (Å²) in [5.74, 6) is -0.569. The van der Waals surface area contributed by atoms with Crippen molar-refractivity contribution in [1.29, 1.82) is 0 Å². The summed E-state index contributed by atoms with van der Waals surface area (Å²) in [5.41, 5.74) is 3.75. The molecule has 124 valence electrons. The summed E-state index contributed by atoms with van der Waals surface area (Å²) >= 11 is 0. The van der Waals surface area contributed by atoms with Gasteiger partial charge in [-0.3, -0.25) is 9.59 Å². The Bertz CT molecular complexity index is 728. The molecule has 0 aliphatic carbocycles. The van der Waals surface area contributed by atoms with Crippen molar-refractivity contribution in [2.24, 2.45) is 5.10 Å². The Hall–Kier alpha value is -3.22. The number of nitrogens with zero attached hydrogens (tertiary/aromatic N) is 1. The van der Waals surface area contributed by atoms with Crippen LogP contribution in [0.4, 0.5) is 10.1 Å². The summed E-state index contributed by atoms with van der Waals surface area (Å²) in [6.07, 6.45) is 1.47. The molecule has 0 fully saturated rings. The molecule has 2 aromatic carbocycles. The van der Waals surface area contributed by atoms with E-state index in [9.17, 15) is 14.0 Å². The maximum atomic E-state index is 12.7. The average Bonchev–Trinajstić information content (AvgIpc) is 2.55. The molecule has 0 heterocycles. The zero-order valence-corrected chi connectivity index (χ0v) is 13.0. The molecule has 0 radical (unpaired) electrons. The third kappa shape index (κ3) is 5.88. The molecule has 2 N–H and O–H groups in total. The Balaban J connectivity index is 1.77. The van der Waals surface area contributed by atoms with Crippen LogP contribution >= 0.6 is 0 Å². The second-order valence-electron chi connectivity index (χ2n) is 4.84. The van der Waals surface area contributed by atoms with E-state index in [0.29, 0.717) is 11.4 Å². The van der Waals surface area contributed by atoms with Crippen molar-refractivity contribution < 1.29 is 18.7 Å². The molecular formula is C17H16FN3O3. The first-order chi connectivity index (χ1) is 11.5. The number of hydrogen-bond donors (Lipinski definition) is 2. The number of hydrazone groups is 1. The van der Waals surface area contributed by atoms with E-state index in [-0.39, 0.29) is 18.3 Å². The van der Waals surface area contributed by atoms with Crippen LogP contribution in [-0.2, 0) is 9.59 Å². The van der Waals surface area contributed by atoms with Gasteiger partial charge in [0, 0.05) is 12.6 Å². The first-order valence-electron chi connectivity index (χ1n) is 7.11. The Morgan fingerprint density at radius 3 is 2.42 bits per heavy atom. The fourth-order valence-corrected chi connectivity index (χ4v) is 1.75. The number of ether oxygens (including phenoxy) is 1. The van der Waals surface area contributed by atoms with Crippen LogP contribution in [0.25, 0.3) is 0 Å². The normalized spacial score (nSPS) is 10.4. The fraction of sp³-hybridized carbons (Fsp3) is 0.118. The standard InChI is InChI=1S/C17H16FN3O3/c1-12(22)20-15-6-2-13(3-7-15)10-19-21-17(23)11-24-16-8-4-14(18)5-9-16/h2-10H,11H2,1H3,(H,20,22)(H,21,23). The minimum Gasteiger partial charge on any atom is -0.484 e. The Kier molecular flexibility index (Phi) is 6.01. The van der Waals surface area contributed by atoms with Crippen LogP contribution in [0.2, 0.25) is 0 Å². The molecular weight excluding hydrogens is 313 g/mol. The quantitative estimate of drug-likeness (QED) is 0.630. The Morgan fingerprint density at radius 2 is 1.79 bits per heavy atom. The first kappa shape index (κ1) is 17.1. The van der Waals surface area contributed by atoms with E-state index in [1.54, 1.807) is 24.3 Å². The molecule has 0 aromatic heterocycles. The molecule has 2 aromatic rings. The molecule has 0 aliphatic heterocycles. The van der Waals surface area contributed by atoms with Crippen molar-refractivity contribution in [1.82, 2.24) is 5.43 Å². The van der Waals surface area contributed by atoms with E-state index in [4.69, 9.17) is 4.74 Å². The van der Waals surface area contributed by atoms with E-state index in [1.165, 1.54) is 37.4 Å². The highest BCUT2D eigenvalue weighted by atomic mass is 19.1. The van der Waals surface area contributed by atoms with Crippen molar-refractivity contribution in [2.45, 2.75) is 6.92 Å². The van der Waals surface area contributed by atoms with Crippen LogP contribution in [0.5, 0.6) is 5.75 Å². The topological polar surface area (TPSA) is 79.8 Å². The summed E-state index contributed by atoms with van der Waals surface area (Å²) in [6, 6.07) is 12.3. The average molecular weight is 329 g/mol. The van der Waals surface area contributed by atoms with Crippen molar-refractivity contribution >= 4 is 23.7 Å². The predicted octanol–water partition coefficient (Wildman–Crippen LogP) is 2.31. The van der Waals surface area contributed by atoms with Crippen LogP contribution in [0.3, 0.4) is 0 Å². The van der Waals surface area contributed by atoms with E-state index in [2.05, 4.69) is 15.8 Å². The molecule has 0 spiro atoms. The van der Waals surface area contributed by atoms with Gasteiger partial charge in [-0.05, 0) is 42.0 Å². The molecule has 0 aliphatic rings. The van der Waals surface area contributed by atoms with E-state index in [1.807, 2.05) is 0 Å². The maximum absolute atomic E-state index is 12.7. The van der Waals surface area contributed by atoms with Crippen LogP contribution in [0, 0.1) is 5.82 Å². The van der Waals surface area contributed by atoms with E-state index in [0.717, 1.165) is 5.56 Å². The highest BCUT2D eigenvalue weighted by molar-refractivity contribution is 5.89. The first-order valence-corrected chi connectivity index (χ1v) is 7.11. The predicted molar refractivity (Wildman–Crippen MR) is 88.4 cm³/mol. The van der Waals surface area contributed by atoms with Gasteiger partial charge in [0.1, 0.15) is 11.6 Å². The number of hydrogen-bond acceptors (Lipinski definition) is 4. The van der Waals surface area contributed by atoms with Crippen molar-refractivity contribution in [3.63, 3.8) is 0 Å². The summed E-state index contributed by atoms with van der Waals surface area (Å²) in [4.78, 5) is 22.5. The highest BCUT2D eigenvalue weighted by Crippen LogP contribution is 2.10. The van der Waals surface area contributed by atoms with Crippen LogP contribution in [0.1, 0.15) is 12.5 Å². The van der Waals surface area contributed by atoms with E-state index >= 15 is 0 Å². The number of carbonyl (C=O) groups excluding carboxylic acids is 2. The molecule has 0 saturated carbocycles. The molecule has 24 heavy (non-hydrogen) atoms. The zero-order valence-electron chi connectivity index (χ0n) is 13.0. The van der Waals surface area contributed by atoms with Gasteiger partial charge in [-0.1, -0.05) is 12.1 Å². The SMILES string of the molecule is CC(=O)Nc1ccc(C=NNC(=O)COc2ccc(F)cc2)cc1. The second kappa shape index (κ2) is 8.42. The molecule has 2 rings (SSSR count). The molecule has 7 heteroatoms. The van der Waals surface area contributed by atoms with Gasteiger partial charge < -0.3 is 10.1 Å². The lowest BCUT2D eigenvalue weighted by atomic mass is 10.2. The smallest absolute Gasteiger partial charge is 0.277 e. The number of carbonyl (C=O) groups is 2. The third-order valence-corrected chi connectivity index (χ3v) is 2.82. The maximum Gasteiger partial charge on any atom is 0.277 e. The van der Waals surface area contributed by atoms with Gasteiger partial charge in [0.15, 0.2) is 6.61 Å². The largest absolute Gasteiger partial charge is 0.484 e. The van der Waals surface area contributed by atoms with Gasteiger partial charge in [0.05, 0.1) is 6.21 Å². The lowest BCUT2D eigenvalue weighted by Crippen LogP contribution is -2.24. The summed E-state index contributed by atoms with van der Waals surface area (Å²) in [6.45, 7) is 1.20. The Labute approximate surface area is 138 Å². The highest BCUT2D eigenvalue weighted by Gasteiger charge is 2.01. The van der Waals surface area contributed by atoms with Crippen LogP contribution in [-0.4, -0.2) is 24.6 Å². The lowest BCUT2D eigenvalue weighted by molar-refractivity contribution is -0.123. The molecule has 2 amide bonds. The number of amides is 2. The van der Waals surface area contributed by atoms with Gasteiger partial charge in [-0.15, -0.1) is 0 Å². The van der Waals surface area contributed by atoms with Crippen LogP contribution in [0.15, 0.2) is 53.6 Å². The number of anilines is 1. The number of rotatable bonds is 6. The minimum atomic E-state index is -0.439. The lowest BCUT2D eigenvalue weighted by Gasteiger charge is -2.04. The van der Waals surface area contributed by atoms with Gasteiger partial charge in [-0.25, -0.2) is 9.82 Å². The number of halogens is 1. The summed E-state index contributed by atoms with van der Waals surface area (Å²) < 4.78 is 17.9. The Morgan fingerprint density at radius 1 is 1.12 bits per heavy atom. The molecule has 6 nitrogen and oxygen atoms in total. The third-order valence-electron chi connectivity index (χ3n) is 2.82. The van der Waals surface area contributed by atoms with Crippen molar-refractivity contribution in [3.05, 3.63) is 59.9 Å². The van der Waals surface area contributed by atoms with Crippen molar-refractivity contribution in [2.75, 3.05) is 11.9 Å². The summed E-state index contributed by atoms with van der Waals surface area (Å²) in [5, 5.41) is 6.46. The molecule has 0 bridgehead atoms. The molecule has 0 unspecified atom stereocenters.